The van der Waals surface area contributed by atoms with Gasteiger partial charge in [-0.3, -0.25) is 0 Å². The van der Waals surface area contributed by atoms with Gasteiger partial charge in [0.1, 0.15) is 9.52 Å². The van der Waals surface area contributed by atoms with E-state index in [0.29, 0.717) is 0 Å². The molecule has 0 N–H and O–H groups in total. The van der Waals surface area contributed by atoms with Gasteiger partial charge in [-0.2, -0.15) is 0 Å². The van der Waals surface area contributed by atoms with E-state index in [1.807, 2.05) is 0 Å². The average Bonchev–Trinajstić information content (AvgIpc) is 2.25. The molecule has 0 aliphatic heterocycles. The molecule has 2 aromatic carbocycles. The molecule has 0 bridgehead atoms. The normalized spacial score (nSPS) is 10.3. The molecule has 74 valence electrons. The summed E-state index contributed by atoms with van der Waals surface area (Å²) < 4.78 is 0. The summed E-state index contributed by atoms with van der Waals surface area (Å²) in [6.45, 7) is 4.25. The van der Waals surface area contributed by atoms with Crippen molar-refractivity contribution in [1.82, 2.24) is 0 Å². The Kier molecular flexibility index (Phi) is 3.02. The van der Waals surface area contributed by atoms with E-state index in [-0.39, 0.29) is 0 Å². The van der Waals surface area contributed by atoms with Crippen LogP contribution in [0.1, 0.15) is 11.1 Å². The van der Waals surface area contributed by atoms with Gasteiger partial charge < -0.3 is 0 Å². The van der Waals surface area contributed by atoms with Crippen molar-refractivity contribution in [2.45, 2.75) is 13.8 Å². The second-order valence-corrected chi connectivity index (χ2v) is 5.26. The molecule has 0 spiro atoms. The third kappa shape index (κ3) is 2.80. The van der Waals surface area contributed by atoms with Crippen molar-refractivity contribution in [2.75, 3.05) is 0 Å². The zero-order valence-corrected chi connectivity index (χ0v) is 10.1. The highest BCUT2D eigenvalue weighted by Crippen LogP contribution is 1.94. The van der Waals surface area contributed by atoms with Crippen molar-refractivity contribution in [3.63, 3.8) is 0 Å². The van der Waals surface area contributed by atoms with E-state index < -0.39 is 0 Å². The first-order chi connectivity index (χ1) is 7.24. The summed E-state index contributed by atoms with van der Waals surface area (Å²) in [5.41, 5.74) is 2.65. The molecule has 2 rings (SSSR count). The van der Waals surface area contributed by atoms with E-state index >= 15 is 0 Å². The van der Waals surface area contributed by atoms with Gasteiger partial charge in [0, 0.05) is 0 Å². The molecule has 2 aromatic rings. The van der Waals surface area contributed by atoms with Crippen LogP contribution in [0.2, 0.25) is 0 Å². The summed E-state index contributed by atoms with van der Waals surface area (Å²) >= 11 is 0. The molecular formula is C14H14Si. The van der Waals surface area contributed by atoms with Gasteiger partial charge in [0.15, 0.2) is 0 Å². The minimum atomic E-state index is 0.769. The van der Waals surface area contributed by atoms with Crippen LogP contribution in [0.5, 0.6) is 0 Å². The van der Waals surface area contributed by atoms with Gasteiger partial charge in [-0.15, -0.1) is 0 Å². The minimum Gasteiger partial charge on any atom is -0.0628 e. The number of rotatable bonds is 2. The van der Waals surface area contributed by atoms with Crippen LogP contribution in [0.25, 0.3) is 0 Å². The molecule has 1 heteroatoms. The molecule has 2 radical (unpaired) electrons. The summed E-state index contributed by atoms with van der Waals surface area (Å²) in [5.74, 6) is 0. The van der Waals surface area contributed by atoms with Gasteiger partial charge in [0.25, 0.3) is 0 Å². The number of aryl methyl sites for hydroxylation is 2. The smallest absolute Gasteiger partial charge is 0.0628 e. The fraction of sp³-hybridized carbons (Fsp3) is 0.143. The zero-order valence-electron chi connectivity index (χ0n) is 9.12. The highest BCUT2D eigenvalue weighted by atomic mass is 28.2. The molecule has 0 amide bonds. The fourth-order valence-electron chi connectivity index (χ4n) is 1.44. The average molecular weight is 210 g/mol. The number of hydrogen-bond acceptors (Lipinski definition) is 0. The van der Waals surface area contributed by atoms with Crippen LogP contribution in [0.4, 0.5) is 0 Å². The van der Waals surface area contributed by atoms with Crippen LogP contribution in [0.3, 0.4) is 0 Å². The lowest BCUT2D eigenvalue weighted by Gasteiger charge is -2.01. The molecule has 15 heavy (non-hydrogen) atoms. The lowest BCUT2D eigenvalue weighted by molar-refractivity contribution is 1.48. The van der Waals surface area contributed by atoms with Gasteiger partial charge in [0.05, 0.1) is 0 Å². The SMILES string of the molecule is Cc1ccc([Si]c2ccc(C)cc2)cc1. The molecule has 0 aromatic heterocycles. The summed E-state index contributed by atoms with van der Waals surface area (Å²) in [5, 5.41) is 2.81. The molecule has 0 saturated heterocycles. The van der Waals surface area contributed by atoms with Crippen LogP contribution >= 0.6 is 0 Å². The monoisotopic (exact) mass is 210 g/mol. The van der Waals surface area contributed by atoms with E-state index in [1.54, 1.807) is 0 Å². The molecule has 0 fully saturated rings. The highest BCUT2D eigenvalue weighted by Gasteiger charge is 1.97. The van der Waals surface area contributed by atoms with Crippen molar-refractivity contribution in [3.05, 3.63) is 59.7 Å². The van der Waals surface area contributed by atoms with E-state index in [0.717, 1.165) is 9.52 Å². The second-order valence-electron chi connectivity index (χ2n) is 3.86. The summed E-state index contributed by atoms with van der Waals surface area (Å²) in [6, 6.07) is 17.6. The zero-order chi connectivity index (χ0) is 10.7. The molecule has 0 atom stereocenters. The van der Waals surface area contributed by atoms with Crippen molar-refractivity contribution in [2.24, 2.45) is 0 Å². The fourth-order valence-corrected chi connectivity index (χ4v) is 2.44. The van der Waals surface area contributed by atoms with Crippen molar-refractivity contribution in [1.29, 1.82) is 0 Å². The van der Waals surface area contributed by atoms with E-state index in [4.69, 9.17) is 0 Å². The van der Waals surface area contributed by atoms with Crippen molar-refractivity contribution < 1.29 is 0 Å². The van der Waals surface area contributed by atoms with Gasteiger partial charge in [-0.1, -0.05) is 70.0 Å². The van der Waals surface area contributed by atoms with Crippen LogP contribution in [0, 0.1) is 13.8 Å². The first kappa shape index (κ1) is 10.2. The van der Waals surface area contributed by atoms with Gasteiger partial charge >= 0.3 is 0 Å². The maximum absolute atomic E-state index is 2.22. The Morgan fingerprint density at radius 3 is 1.27 bits per heavy atom. The first-order valence-corrected chi connectivity index (χ1v) is 6.14. The van der Waals surface area contributed by atoms with E-state index in [9.17, 15) is 0 Å². The van der Waals surface area contributed by atoms with Crippen LogP contribution in [-0.2, 0) is 0 Å². The third-order valence-electron chi connectivity index (χ3n) is 2.39. The standard InChI is InChI=1S/C14H14Si/c1-11-3-7-13(8-4-11)15-14-9-5-12(2)6-10-14/h3-10H,1-2H3. The van der Waals surface area contributed by atoms with Gasteiger partial charge in [-0.05, 0) is 13.8 Å². The topological polar surface area (TPSA) is 0 Å². The van der Waals surface area contributed by atoms with E-state index in [2.05, 4.69) is 62.4 Å². The Balaban J connectivity index is 2.15. The molecule has 0 nitrogen and oxygen atoms in total. The maximum atomic E-state index is 2.22. The molecule has 0 aliphatic carbocycles. The summed E-state index contributed by atoms with van der Waals surface area (Å²) in [4.78, 5) is 0. The Morgan fingerprint density at radius 1 is 0.600 bits per heavy atom. The van der Waals surface area contributed by atoms with E-state index in [1.165, 1.54) is 21.5 Å². The quantitative estimate of drug-likeness (QED) is 0.665. The first-order valence-electron chi connectivity index (χ1n) is 5.14. The summed E-state index contributed by atoms with van der Waals surface area (Å²) in [7, 11) is 0.769. The molecule has 0 saturated carbocycles. The Hall–Kier alpha value is -1.34. The number of hydrogen-bond donors (Lipinski definition) is 0. The molecule has 0 unspecified atom stereocenters. The lowest BCUT2D eigenvalue weighted by atomic mass is 10.2. The Labute approximate surface area is 93.8 Å². The second kappa shape index (κ2) is 4.45. The Morgan fingerprint density at radius 2 is 0.933 bits per heavy atom. The molecular weight excluding hydrogens is 196 g/mol. The van der Waals surface area contributed by atoms with Crippen LogP contribution in [-0.4, -0.2) is 9.52 Å². The third-order valence-corrected chi connectivity index (χ3v) is 3.64. The maximum Gasteiger partial charge on any atom is 0.121 e. The lowest BCUT2D eigenvalue weighted by Crippen LogP contribution is -2.26. The Bertz CT molecular complexity index is 382. The highest BCUT2D eigenvalue weighted by molar-refractivity contribution is 6.67. The largest absolute Gasteiger partial charge is 0.121 e. The molecule has 0 aliphatic rings. The predicted molar refractivity (Wildman–Crippen MR) is 67.4 cm³/mol. The van der Waals surface area contributed by atoms with Gasteiger partial charge in [0.2, 0.25) is 0 Å². The van der Waals surface area contributed by atoms with Crippen molar-refractivity contribution >= 4 is 19.9 Å². The summed E-state index contributed by atoms with van der Waals surface area (Å²) in [6.07, 6.45) is 0. The van der Waals surface area contributed by atoms with Gasteiger partial charge in [-0.25, -0.2) is 0 Å². The minimum absolute atomic E-state index is 0.769. The van der Waals surface area contributed by atoms with Crippen LogP contribution in [0.15, 0.2) is 48.5 Å². The molecule has 0 heterocycles. The number of benzene rings is 2. The van der Waals surface area contributed by atoms with Crippen molar-refractivity contribution in [3.8, 4) is 0 Å². The predicted octanol–water partition coefficient (Wildman–Crippen LogP) is 1.96. The van der Waals surface area contributed by atoms with Crippen LogP contribution < -0.4 is 10.4 Å².